The summed E-state index contributed by atoms with van der Waals surface area (Å²) >= 11 is 5.87. The van der Waals surface area contributed by atoms with Crippen LogP contribution >= 0.6 is 11.6 Å². The van der Waals surface area contributed by atoms with Crippen LogP contribution in [0.25, 0.3) is 6.08 Å². The molecule has 11 heteroatoms. The Morgan fingerprint density at radius 3 is 2.50 bits per heavy atom. The summed E-state index contributed by atoms with van der Waals surface area (Å²) in [6.07, 6.45) is 1.37. The highest BCUT2D eigenvalue weighted by atomic mass is 35.5. The second-order valence-electron chi connectivity index (χ2n) is 8.08. The Kier molecular flexibility index (Phi) is 7.73. The molecule has 2 N–H and O–H groups in total. The summed E-state index contributed by atoms with van der Waals surface area (Å²) in [5.74, 6) is -2.99. The summed E-state index contributed by atoms with van der Waals surface area (Å²) < 4.78 is 23.9. The number of esters is 1. The van der Waals surface area contributed by atoms with Gasteiger partial charge in [0.2, 0.25) is 0 Å². The molecule has 0 fully saturated rings. The molecule has 194 valence electrons. The lowest BCUT2D eigenvalue weighted by Crippen LogP contribution is -2.34. The molecular formula is C27H21ClFN3O6. The van der Waals surface area contributed by atoms with E-state index in [0.717, 1.165) is 0 Å². The molecular weight excluding hydrogens is 517 g/mol. The van der Waals surface area contributed by atoms with Crippen LogP contribution in [0.1, 0.15) is 18.4 Å². The highest BCUT2D eigenvalue weighted by Crippen LogP contribution is 2.35. The van der Waals surface area contributed by atoms with Crippen molar-refractivity contribution in [2.75, 3.05) is 17.3 Å². The van der Waals surface area contributed by atoms with Crippen molar-refractivity contribution in [1.29, 1.82) is 0 Å². The average molecular weight is 538 g/mol. The van der Waals surface area contributed by atoms with E-state index in [1.54, 1.807) is 37.3 Å². The van der Waals surface area contributed by atoms with Crippen molar-refractivity contribution in [2.45, 2.75) is 13.5 Å². The molecule has 2 aromatic carbocycles. The zero-order valence-electron chi connectivity index (χ0n) is 20.2. The third kappa shape index (κ3) is 5.65. The Morgan fingerprint density at radius 1 is 1.08 bits per heavy atom. The fourth-order valence-electron chi connectivity index (χ4n) is 3.79. The van der Waals surface area contributed by atoms with Crippen LogP contribution in [0.4, 0.5) is 15.8 Å². The van der Waals surface area contributed by atoms with Crippen molar-refractivity contribution in [3.05, 3.63) is 99.9 Å². The minimum Gasteiger partial charge on any atom is -0.465 e. The van der Waals surface area contributed by atoms with E-state index in [4.69, 9.17) is 20.8 Å². The first-order chi connectivity index (χ1) is 18.2. The van der Waals surface area contributed by atoms with Crippen LogP contribution in [0.5, 0.6) is 0 Å². The minimum absolute atomic E-state index is 0.0181. The number of amides is 3. The number of methoxy groups -OCH3 is 1. The van der Waals surface area contributed by atoms with E-state index >= 15 is 0 Å². The highest BCUT2D eigenvalue weighted by Gasteiger charge is 2.38. The third-order valence-corrected chi connectivity index (χ3v) is 5.79. The van der Waals surface area contributed by atoms with Crippen molar-refractivity contribution in [3.63, 3.8) is 0 Å². The molecule has 0 saturated carbocycles. The van der Waals surface area contributed by atoms with Crippen molar-refractivity contribution in [2.24, 2.45) is 0 Å². The second-order valence-corrected chi connectivity index (χ2v) is 8.51. The van der Waals surface area contributed by atoms with Gasteiger partial charge in [0, 0.05) is 22.1 Å². The summed E-state index contributed by atoms with van der Waals surface area (Å²) in [5.41, 5.74) is 1.10. The number of halogens is 2. The topological polar surface area (TPSA) is 118 Å². The lowest BCUT2D eigenvalue weighted by Gasteiger charge is -2.17. The zero-order chi connectivity index (χ0) is 27.4. The van der Waals surface area contributed by atoms with E-state index in [9.17, 15) is 23.6 Å². The molecule has 38 heavy (non-hydrogen) atoms. The maximum Gasteiger partial charge on any atom is 0.340 e. The molecule has 4 rings (SSSR count). The molecule has 2 heterocycles. The van der Waals surface area contributed by atoms with Crippen molar-refractivity contribution in [3.8, 4) is 0 Å². The van der Waals surface area contributed by atoms with E-state index in [1.165, 1.54) is 48.4 Å². The molecule has 1 aliphatic rings. The number of allylic oxidation sites excluding steroid dienone is 1. The highest BCUT2D eigenvalue weighted by molar-refractivity contribution is 6.39. The van der Waals surface area contributed by atoms with Gasteiger partial charge in [0.1, 0.15) is 17.3 Å². The second kappa shape index (κ2) is 11.1. The van der Waals surface area contributed by atoms with Crippen LogP contribution in [0, 0.1) is 5.82 Å². The van der Waals surface area contributed by atoms with Crippen LogP contribution in [0.3, 0.4) is 0 Å². The quantitative estimate of drug-likeness (QED) is 0.276. The van der Waals surface area contributed by atoms with Gasteiger partial charge in [-0.15, -0.1) is 0 Å². The average Bonchev–Trinajstić information content (AvgIpc) is 3.44. The van der Waals surface area contributed by atoms with Gasteiger partial charge in [-0.05, 0) is 67.6 Å². The molecule has 3 amide bonds. The van der Waals surface area contributed by atoms with Crippen LogP contribution in [-0.2, 0) is 30.5 Å². The first-order valence-corrected chi connectivity index (χ1v) is 11.6. The lowest BCUT2D eigenvalue weighted by atomic mass is 10.1. The number of nitrogens with zero attached hydrogens (tertiary/aromatic N) is 1. The molecule has 0 atom stereocenters. The van der Waals surface area contributed by atoms with E-state index in [0.29, 0.717) is 27.9 Å². The number of hydrogen-bond donors (Lipinski definition) is 2. The van der Waals surface area contributed by atoms with E-state index in [1.807, 2.05) is 0 Å². The largest absolute Gasteiger partial charge is 0.465 e. The van der Waals surface area contributed by atoms with Gasteiger partial charge in [-0.1, -0.05) is 17.7 Å². The van der Waals surface area contributed by atoms with Gasteiger partial charge in [0.15, 0.2) is 0 Å². The number of nitrogens with one attached hydrogen (secondary N) is 2. The molecule has 0 saturated heterocycles. The fourth-order valence-corrected chi connectivity index (χ4v) is 3.98. The van der Waals surface area contributed by atoms with Crippen molar-refractivity contribution >= 4 is 52.7 Å². The first-order valence-electron chi connectivity index (χ1n) is 11.2. The molecule has 3 aromatic rings. The summed E-state index contributed by atoms with van der Waals surface area (Å²) in [6, 6.07) is 14.7. The Labute approximate surface area is 221 Å². The standard InChI is InChI=1S/C27H21ClFN3O6/c1-15-23(27(36)37-2)22(26(35)32(15)19-8-6-17(29)7-9-19)13-20-10-11-21(38-20)14-30-24(33)25(34)31-18-5-3-4-16(28)12-18/h3-13H,14H2,1-2H3,(H,30,33)(H,31,34)/b22-13+. The van der Waals surface area contributed by atoms with E-state index in [-0.39, 0.29) is 23.5 Å². The molecule has 0 unspecified atom stereocenters. The molecule has 0 radical (unpaired) electrons. The first kappa shape index (κ1) is 26.4. The third-order valence-electron chi connectivity index (χ3n) is 5.56. The van der Waals surface area contributed by atoms with Gasteiger partial charge in [-0.2, -0.15) is 0 Å². The summed E-state index contributed by atoms with van der Waals surface area (Å²) in [7, 11) is 1.20. The fraction of sp³-hybridized carbons (Fsp3) is 0.111. The molecule has 0 bridgehead atoms. The predicted molar refractivity (Wildman–Crippen MR) is 137 cm³/mol. The van der Waals surface area contributed by atoms with Gasteiger partial charge < -0.3 is 19.8 Å². The number of carbonyl (C=O) groups excluding carboxylic acids is 4. The Bertz CT molecular complexity index is 1490. The number of furan rings is 1. The normalized spacial score (nSPS) is 14.2. The predicted octanol–water partition coefficient (Wildman–Crippen LogP) is 4.20. The monoisotopic (exact) mass is 537 g/mol. The van der Waals surface area contributed by atoms with Crippen LogP contribution in [0.2, 0.25) is 5.02 Å². The van der Waals surface area contributed by atoms with Crippen LogP contribution in [0.15, 0.2) is 81.9 Å². The van der Waals surface area contributed by atoms with Crippen LogP contribution < -0.4 is 15.5 Å². The number of anilines is 2. The molecule has 1 aromatic heterocycles. The van der Waals surface area contributed by atoms with Gasteiger partial charge in [0.25, 0.3) is 5.91 Å². The van der Waals surface area contributed by atoms with Gasteiger partial charge in [-0.3, -0.25) is 19.3 Å². The number of ether oxygens (including phenoxy) is 1. The smallest absolute Gasteiger partial charge is 0.340 e. The van der Waals surface area contributed by atoms with Crippen LogP contribution in [-0.4, -0.2) is 30.8 Å². The number of benzene rings is 2. The lowest BCUT2D eigenvalue weighted by molar-refractivity contribution is -0.136. The maximum absolute atomic E-state index is 13.4. The SMILES string of the molecule is COC(=O)C1=C(C)N(c2ccc(F)cc2)C(=O)/C1=C/c1ccc(CNC(=O)C(=O)Nc2cccc(Cl)c2)o1. The van der Waals surface area contributed by atoms with E-state index < -0.39 is 29.5 Å². The minimum atomic E-state index is -0.895. The number of hydrogen-bond acceptors (Lipinski definition) is 6. The Balaban J connectivity index is 1.49. The molecule has 0 aliphatic carbocycles. The van der Waals surface area contributed by atoms with Gasteiger partial charge in [-0.25, -0.2) is 9.18 Å². The maximum atomic E-state index is 13.4. The van der Waals surface area contributed by atoms with Crippen molar-refractivity contribution in [1.82, 2.24) is 5.32 Å². The van der Waals surface area contributed by atoms with Gasteiger partial charge in [0.05, 0.1) is 24.8 Å². The molecule has 9 nitrogen and oxygen atoms in total. The summed E-state index contributed by atoms with van der Waals surface area (Å²) in [5, 5.41) is 5.28. The number of carbonyl (C=O) groups is 4. The molecule has 0 spiro atoms. The number of rotatable bonds is 6. The van der Waals surface area contributed by atoms with Gasteiger partial charge >= 0.3 is 17.8 Å². The Hall–Kier alpha value is -4.70. The summed E-state index contributed by atoms with van der Waals surface area (Å²) in [4.78, 5) is 51.4. The van der Waals surface area contributed by atoms with Crippen molar-refractivity contribution < 1.29 is 32.7 Å². The zero-order valence-corrected chi connectivity index (χ0v) is 21.0. The van der Waals surface area contributed by atoms with E-state index in [2.05, 4.69) is 10.6 Å². The Morgan fingerprint density at radius 2 is 1.82 bits per heavy atom. The summed E-state index contributed by atoms with van der Waals surface area (Å²) in [6.45, 7) is 1.46. The molecule has 1 aliphatic heterocycles.